The lowest BCUT2D eigenvalue weighted by Gasteiger charge is -2.27. The first kappa shape index (κ1) is 15.5. The maximum atomic E-state index is 12.3. The van der Waals surface area contributed by atoms with Crippen LogP contribution in [0.1, 0.15) is 38.7 Å². The first-order valence-electron chi connectivity index (χ1n) is 7.32. The van der Waals surface area contributed by atoms with Crippen LogP contribution in [0.25, 0.3) is 0 Å². The molecule has 0 bridgehead atoms. The Morgan fingerprint density at radius 2 is 2.00 bits per heavy atom. The van der Waals surface area contributed by atoms with Crippen molar-refractivity contribution in [3.8, 4) is 0 Å². The predicted octanol–water partition coefficient (Wildman–Crippen LogP) is 1.78. The van der Waals surface area contributed by atoms with Crippen LogP contribution in [0.15, 0.2) is 24.3 Å². The minimum atomic E-state index is -0.448. The van der Waals surface area contributed by atoms with Crippen LogP contribution in [0.4, 0.5) is 5.69 Å². The molecular weight excluding hydrogens is 266 g/mol. The van der Waals surface area contributed by atoms with E-state index in [0.29, 0.717) is 6.54 Å². The summed E-state index contributed by atoms with van der Waals surface area (Å²) in [6.45, 7) is 3.89. The smallest absolute Gasteiger partial charge is 0.227 e. The van der Waals surface area contributed by atoms with Crippen molar-refractivity contribution in [1.29, 1.82) is 0 Å². The number of nitrogens with two attached hydrogens (primary N) is 1. The van der Waals surface area contributed by atoms with Crippen molar-refractivity contribution in [2.45, 2.75) is 45.7 Å². The molecule has 0 aliphatic heterocycles. The van der Waals surface area contributed by atoms with Gasteiger partial charge in [0.2, 0.25) is 11.8 Å². The number of carbonyl (C=O) groups is 2. The summed E-state index contributed by atoms with van der Waals surface area (Å²) in [4.78, 5) is 23.3. The summed E-state index contributed by atoms with van der Waals surface area (Å²) in [5, 5.41) is 5.68. The zero-order chi connectivity index (χ0) is 15.5. The van der Waals surface area contributed by atoms with E-state index in [2.05, 4.69) is 10.6 Å². The van der Waals surface area contributed by atoms with E-state index in [4.69, 9.17) is 5.73 Å². The summed E-state index contributed by atoms with van der Waals surface area (Å²) in [6.07, 6.45) is 2.77. The summed E-state index contributed by atoms with van der Waals surface area (Å²) < 4.78 is 0. The molecule has 5 heteroatoms. The van der Waals surface area contributed by atoms with Gasteiger partial charge in [0.25, 0.3) is 0 Å². The van der Waals surface area contributed by atoms with Crippen LogP contribution in [0.2, 0.25) is 0 Å². The number of benzene rings is 1. The molecule has 0 saturated heterocycles. The average Bonchev–Trinajstić information content (AvgIpc) is 2.78. The Morgan fingerprint density at radius 1 is 1.33 bits per heavy atom. The van der Waals surface area contributed by atoms with Crippen molar-refractivity contribution < 1.29 is 9.59 Å². The van der Waals surface area contributed by atoms with Crippen LogP contribution in [0, 0.1) is 5.41 Å². The summed E-state index contributed by atoms with van der Waals surface area (Å²) in [6, 6.07) is 7.38. The van der Waals surface area contributed by atoms with Gasteiger partial charge >= 0.3 is 0 Å². The third kappa shape index (κ3) is 3.61. The molecule has 1 aliphatic carbocycles. The van der Waals surface area contributed by atoms with Crippen LogP contribution in [0.5, 0.6) is 0 Å². The Labute approximate surface area is 125 Å². The minimum Gasteiger partial charge on any atom is -0.352 e. The maximum Gasteiger partial charge on any atom is 0.227 e. The lowest BCUT2D eigenvalue weighted by molar-refractivity contribution is -0.130. The number of rotatable bonds is 4. The number of hydrogen-bond donors (Lipinski definition) is 3. The van der Waals surface area contributed by atoms with Gasteiger partial charge in [-0.05, 0) is 37.5 Å². The largest absolute Gasteiger partial charge is 0.352 e. The molecule has 0 radical (unpaired) electrons. The molecule has 4 N–H and O–H groups in total. The van der Waals surface area contributed by atoms with Crippen molar-refractivity contribution in [1.82, 2.24) is 5.32 Å². The fraction of sp³-hybridized carbons (Fsp3) is 0.500. The molecule has 1 fully saturated rings. The molecule has 2 rings (SSSR count). The highest BCUT2D eigenvalue weighted by Crippen LogP contribution is 2.36. The molecule has 1 saturated carbocycles. The van der Waals surface area contributed by atoms with Gasteiger partial charge in [0.05, 0.1) is 5.41 Å². The predicted molar refractivity (Wildman–Crippen MR) is 82.5 cm³/mol. The van der Waals surface area contributed by atoms with Crippen molar-refractivity contribution in [2.24, 2.45) is 11.1 Å². The minimum absolute atomic E-state index is 0.0263. The second kappa shape index (κ2) is 6.26. The second-order valence-electron chi connectivity index (χ2n) is 5.98. The topological polar surface area (TPSA) is 84.2 Å². The van der Waals surface area contributed by atoms with E-state index in [1.807, 2.05) is 31.2 Å². The van der Waals surface area contributed by atoms with Crippen LogP contribution < -0.4 is 16.4 Å². The Balaban J connectivity index is 1.91. The zero-order valence-corrected chi connectivity index (χ0v) is 12.6. The summed E-state index contributed by atoms with van der Waals surface area (Å²) >= 11 is 0. The molecule has 21 heavy (non-hydrogen) atoms. The Kier molecular flexibility index (Phi) is 4.63. The quantitative estimate of drug-likeness (QED) is 0.790. The summed E-state index contributed by atoms with van der Waals surface area (Å²) in [5.41, 5.74) is 7.35. The molecule has 1 aromatic rings. The molecule has 2 atom stereocenters. The SMILES string of the molecule is CC(=O)Nc1ccc(CNC(=O)C2(C)CCCC2N)cc1. The Bertz CT molecular complexity index is 527. The fourth-order valence-corrected chi connectivity index (χ4v) is 2.77. The van der Waals surface area contributed by atoms with Crippen LogP contribution in [0.3, 0.4) is 0 Å². The van der Waals surface area contributed by atoms with Gasteiger partial charge in [0.15, 0.2) is 0 Å². The molecule has 114 valence electrons. The molecule has 0 spiro atoms. The third-order valence-electron chi connectivity index (χ3n) is 4.28. The van der Waals surface area contributed by atoms with Crippen LogP contribution in [-0.2, 0) is 16.1 Å². The zero-order valence-electron chi connectivity index (χ0n) is 12.6. The highest BCUT2D eigenvalue weighted by atomic mass is 16.2. The number of nitrogens with one attached hydrogen (secondary N) is 2. The molecule has 5 nitrogen and oxygen atoms in total. The first-order chi connectivity index (χ1) is 9.91. The number of hydrogen-bond acceptors (Lipinski definition) is 3. The highest BCUT2D eigenvalue weighted by Gasteiger charge is 2.42. The molecule has 0 aromatic heterocycles. The lowest BCUT2D eigenvalue weighted by atomic mass is 9.84. The fourth-order valence-electron chi connectivity index (χ4n) is 2.77. The average molecular weight is 289 g/mol. The van der Waals surface area contributed by atoms with E-state index >= 15 is 0 Å². The van der Waals surface area contributed by atoms with Crippen molar-refractivity contribution in [2.75, 3.05) is 5.32 Å². The van der Waals surface area contributed by atoms with Gasteiger partial charge in [-0.15, -0.1) is 0 Å². The summed E-state index contributed by atoms with van der Waals surface area (Å²) in [5.74, 6) is -0.0716. The number of anilines is 1. The van der Waals surface area contributed by atoms with Gasteiger partial charge < -0.3 is 16.4 Å². The van der Waals surface area contributed by atoms with Gasteiger partial charge in [0, 0.05) is 25.2 Å². The standard InChI is InChI=1S/C16H23N3O2/c1-11(20)19-13-7-5-12(6-8-13)10-18-15(21)16(2)9-3-4-14(16)17/h5-8,14H,3-4,9-10,17H2,1-2H3,(H,18,21)(H,19,20). The normalized spacial score (nSPS) is 24.6. The van der Waals surface area contributed by atoms with Crippen LogP contribution >= 0.6 is 0 Å². The van der Waals surface area contributed by atoms with Gasteiger partial charge in [-0.1, -0.05) is 18.6 Å². The monoisotopic (exact) mass is 289 g/mol. The Hall–Kier alpha value is -1.88. The van der Waals surface area contributed by atoms with Crippen molar-refractivity contribution in [3.63, 3.8) is 0 Å². The number of amides is 2. The van der Waals surface area contributed by atoms with Gasteiger partial charge in [-0.2, -0.15) is 0 Å². The summed E-state index contributed by atoms with van der Waals surface area (Å²) in [7, 11) is 0. The number of carbonyl (C=O) groups excluding carboxylic acids is 2. The molecule has 1 aliphatic rings. The van der Waals surface area contributed by atoms with Gasteiger partial charge in [-0.25, -0.2) is 0 Å². The van der Waals surface area contributed by atoms with Crippen molar-refractivity contribution in [3.05, 3.63) is 29.8 Å². The highest BCUT2D eigenvalue weighted by molar-refractivity contribution is 5.88. The molecule has 2 unspecified atom stereocenters. The van der Waals surface area contributed by atoms with E-state index < -0.39 is 5.41 Å². The third-order valence-corrected chi connectivity index (χ3v) is 4.28. The van der Waals surface area contributed by atoms with Gasteiger partial charge in [0.1, 0.15) is 0 Å². The van der Waals surface area contributed by atoms with E-state index in [0.717, 1.165) is 30.5 Å². The Morgan fingerprint density at radius 3 is 2.52 bits per heavy atom. The van der Waals surface area contributed by atoms with Crippen molar-refractivity contribution >= 4 is 17.5 Å². The first-order valence-corrected chi connectivity index (χ1v) is 7.32. The van der Waals surface area contributed by atoms with Crippen LogP contribution in [-0.4, -0.2) is 17.9 Å². The molecule has 0 heterocycles. The van der Waals surface area contributed by atoms with E-state index in [-0.39, 0.29) is 17.9 Å². The molecule has 2 amide bonds. The maximum absolute atomic E-state index is 12.3. The van der Waals surface area contributed by atoms with E-state index in [1.54, 1.807) is 0 Å². The van der Waals surface area contributed by atoms with E-state index in [1.165, 1.54) is 6.92 Å². The lowest BCUT2D eigenvalue weighted by Crippen LogP contribution is -2.47. The van der Waals surface area contributed by atoms with Gasteiger partial charge in [-0.3, -0.25) is 9.59 Å². The molecule has 1 aromatic carbocycles. The molecular formula is C16H23N3O2. The second-order valence-corrected chi connectivity index (χ2v) is 5.98. The van der Waals surface area contributed by atoms with E-state index in [9.17, 15) is 9.59 Å².